The van der Waals surface area contributed by atoms with E-state index in [1.54, 1.807) is 19.1 Å². The van der Waals surface area contributed by atoms with Gasteiger partial charge in [0.2, 0.25) is 0 Å². The third-order valence-corrected chi connectivity index (χ3v) is 6.69. The van der Waals surface area contributed by atoms with Crippen molar-refractivity contribution in [2.45, 2.75) is 38.4 Å². The van der Waals surface area contributed by atoms with Crippen LogP contribution in [0.4, 0.5) is 0 Å². The van der Waals surface area contributed by atoms with Gasteiger partial charge in [-0.15, -0.1) is 0 Å². The van der Waals surface area contributed by atoms with Crippen LogP contribution in [0.2, 0.25) is 0 Å². The van der Waals surface area contributed by atoms with Gasteiger partial charge in [-0.25, -0.2) is 8.42 Å². The number of hydrogen-bond acceptors (Lipinski definition) is 5. The maximum atomic E-state index is 12.4. The summed E-state index contributed by atoms with van der Waals surface area (Å²) >= 11 is 0. The molecule has 3 atom stereocenters. The Hall–Kier alpha value is -1.87. The minimum absolute atomic E-state index is 0.107. The van der Waals surface area contributed by atoms with Gasteiger partial charge in [-0.05, 0) is 24.5 Å². The quantitative estimate of drug-likeness (QED) is 0.744. The normalized spacial score (nSPS) is 26.3. The van der Waals surface area contributed by atoms with Crippen LogP contribution in [-0.4, -0.2) is 32.0 Å². The highest BCUT2D eigenvalue weighted by Crippen LogP contribution is 2.63. The fourth-order valence-corrected chi connectivity index (χ4v) is 5.03. The minimum Gasteiger partial charge on any atom is -0.465 e. The van der Waals surface area contributed by atoms with Gasteiger partial charge in [0.05, 0.1) is 12.7 Å². The number of aryl methyl sites for hydroxylation is 1. The van der Waals surface area contributed by atoms with Crippen molar-refractivity contribution in [2.24, 2.45) is 5.41 Å². The number of carbonyl (C=O) groups excluding carboxylic acids is 1. The van der Waals surface area contributed by atoms with Gasteiger partial charge < -0.3 is 4.74 Å². The number of nitriles is 1. The molecule has 0 aromatic heterocycles. The lowest BCUT2D eigenvalue weighted by atomic mass is 9.99. The van der Waals surface area contributed by atoms with Gasteiger partial charge in [-0.2, -0.15) is 5.26 Å². The van der Waals surface area contributed by atoms with Gasteiger partial charge in [0, 0.05) is 11.7 Å². The molecule has 23 heavy (non-hydrogen) atoms. The predicted octanol–water partition coefficient (Wildman–Crippen LogP) is 2.22. The molecule has 1 aliphatic rings. The number of benzene rings is 1. The molecule has 1 aromatic rings. The summed E-state index contributed by atoms with van der Waals surface area (Å²) < 4.78 is 29.8. The van der Waals surface area contributed by atoms with Crippen LogP contribution >= 0.6 is 0 Å². The Morgan fingerprint density at radius 1 is 1.26 bits per heavy atom. The van der Waals surface area contributed by atoms with Gasteiger partial charge in [-0.3, -0.25) is 4.79 Å². The summed E-state index contributed by atoms with van der Waals surface area (Å²) in [5, 5.41) is 8.57. The highest BCUT2D eigenvalue weighted by Gasteiger charge is 2.77. The van der Waals surface area contributed by atoms with Crippen molar-refractivity contribution < 1.29 is 17.9 Å². The van der Waals surface area contributed by atoms with E-state index < -0.39 is 32.4 Å². The van der Waals surface area contributed by atoms with E-state index in [2.05, 4.69) is 0 Å². The summed E-state index contributed by atoms with van der Waals surface area (Å²) in [6, 6.07) is 9.36. The second kappa shape index (κ2) is 6.32. The zero-order valence-electron chi connectivity index (χ0n) is 13.6. The van der Waals surface area contributed by atoms with E-state index in [-0.39, 0.29) is 12.4 Å². The number of sulfone groups is 1. The monoisotopic (exact) mass is 335 g/mol. The molecule has 0 bridgehead atoms. The minimum atomic E-state index is -3.54. The smallest absolute Gasteiger partial charge is 0.328 e. The average molecular weight is 335 g/mol. The Labute approximate surface area is 137 Å². The summed E-state index contributed by atoms with van der Waals surface area (Å²) in [4.78, 5) is 12.3. The summed E-state index contributed by atoms with van der Waals surface area (Å²) in [5.74, 6) is -1.51. The molecule has 1 aromatic carbocycles. The summed E-state index contributed by atoms with van der Waals surface area (Å²) in [7, 11) is -3.54. The molecule has 1 fully saturated rings. The number of carbonyl (C=O) groups is 1. The molecule has 124 valence electrons. The highest BCUT2D eigenvalue weighted by atomic mass is 32.2. The summed E-state index contributed by atoms with van der Waals surface area (Å²) in [5.41, 5.74) is 0.181. The first kappa shape index (κ1) is 17.5. The molecule has 0 unspecified atom stereocenters. The highest BCUT2D eigenvalue weighted by molar-refractivity contribution is 7.92. The molecular weight excluding hydrogens is 314 g/mol. The lowest BCUT2D eigenvalue weighted by Crippen LogP contribution is -2.26. The van der Waals surface area contributed by atoms with Crippen LogP contribution in [0.5, 0.6) is 0 Å². The van der Waals surface area contributed by atoms with E-state index in [0.29, 0.717) is 5.56 Å². The van der Waals surface area contributed by atoms with E-state index in [4.69, 9.17) is 4.74 Å². The van der Waals surface area contributed by atoms with Crippen LogP contribution in [-0.2, 0) is 25.8 Å². The van der Waals surface area contributed by atoms with E-state index in [0.717, 1.165) is 12.0 Å². The Kier molecular flexibility index (Phi) is 4.81. The molecule has 0 N–H and O–H groups in total. The van der Waals surface area contributed by atoms with Crippen LogP contribution in [0.15, 0.2) is 24.3 Å². The molecule has 1 saturated carbocycles. The Morgan fingerprint density at radius 3 is 2.30 bits per heavy atom. The van der Waals surface area contributed by atoms with E-state index in [9.17, 15) is 18.5 Å². The van der Waals surface area contributed by atoms with Crippen LogP contribution in [0.25, 0.3) is 0 Å². The lowest BCUT2D eigenvalue weighted by molar-refractivity contribution is -0.147. The first-order valence-electron chi connectivity index (χ1n) is 7.77. The topological polar surface area (TPSA) is 84.2 Å². The fourth-order valence-electron chi connectivity index (χ4n) is 3.10. The van der Waals surface area contributed by atoms with E-state index >= 15 is 0 Å². The van der Waals surface area contributed by atoms with Crippen molar-refractivity contribution >= 4 is 15.8 Å². The first-order valence-corrected chi connectivity index (χ1v) is 9.49. The SMILES string of the molecule is CCOC(=O)[C@]1(C#N)[C@@H](c2ccc(CC)cc2)[C@@H]1S(=O)(=O)CC. The van der Waals surface area contributed by atoms with Gasteiger partial charge in [0.1, 0.15) is 5.25 Å². The third-order valence-electron chi connectivity index (χ3n) is 4.47. The van der Waals surface area contributed by atoms with Crippen LogP contribution in [0.1, 0.15) is 37.8 Å². The molecule has 0 amide bonds. The Balaban J connectivity index is 2.50. The van der Waals surface area contributed by atoms with E-state index in [1.807, 2.05) is 25.1 Å². The lowest BCUT2D eigenvalue weighted by Gasteiger charge is -2.08. The van der Waals surface area contributed by atoms with Crippen molar-refractivity contribution in [3.05, 3.63) is 35.4 Å². The summed E-state index contributed by atoms with van der Waals surface area (Å²) in [6.45, 7) is 5.30. The largest absolute Gasteiger partial charge is 0.465 e. The second-order valence-corrected chi connectivity index (χ2v) is 8.06. The van der Waals surface area contributed by atoms with E-state index in [1.165, 1.54) is 6.92 Å². The molecular formula is C17H21NO4S. The maximum absolute atomic E-state index is 12.4. The van der Waals surface area contributed by atoms with Gasteiger partial charge >= 0.3 is 5.97 Å². The average Bonchev–Trinajstić information content (AvgIpc) is 3.26. The molecule has 2 rings (SSSR count). The molecule has 1 aliphatic carbocycles. The number of nitrogens with zero attached hydrogens (tertiary/aromatic N) is 1. The van der Waals surface area contributed by atoms with Crippen LogP contribution in [0, 0.1) is 16.7 Å². The number of ether oxygens (including phenoxy) is 1. The van der Waals surface area contributed by atoms with Crippen LogP contribution < -0.4 is 0 Å². The molecule has 5 nitrogen and oxygen atoms in total. The zero-order chi connectivity index (χ0) is 17.3. The van der Waals surface area contributed by atoms with Crippen molar-refractivity contribution in [3.8, 4) is 6.07 Å². The van der Waals surface area contributed by atoms with Crippen molar-refractivity contribution in [1.29, 1.82) is 5.26 Å². The standard InChI is InChI=1S/C17H21NO4S/c1-4-12-7-9-13(10-8-12)14-15(23(20,21)6-3)17(14,11-18)16(19)22-5-2/h7-10,14-15H,4-6H2,1-3H3/t14-,15-,17+/m0/s1. The van der Waals surface area contributed by atoms with Crippen molar-refractivity contribution in [3.63, 3.8) is 0 Å². The fraction of sp³-hybridized carbons (Fsp3) is 0.529. The molecule has 0 radical (unpaired) electrons. The molecule has 6 heteroatoms. The predicted molar refractivity (Wildman–Crippen MR) is 86.5 cm³/mol. The molecule has 0 saturated heterocycles. The zero-order valence-corrected chi connectivity index (χ0v) is 14.4. The van der Waals surface area contributed by atoms with Gasteiger partial charge in [0.15, 0.2) is 15.3 Å². The Bertz CT molecular complexity index is 733. The van der Waals surface area contributed by atoms with Crippen molar-refractivity contribution in [2.75, 3.05) is 12.4 Å². The molecule has 0 spiro atoms. The summed E-state index contributed by atoms with van der Waals surface area (Å²) in [6.07, 6.45) is 0.864. The maximum Gasteiger partial charge on any atom is 0.328 e. The number of rotatable bonds is 6. The van der Waals surface area contributed by atoms with Crippen LogP contribution in [0.3, 0.4) is 0 Å². The molecule has 0 heterocycles. The third kappa shape index (κ3) is 2.74. The Morgan fingerprint density at radius 2 is 1.87 bits per heavy atom. The van der Waals surface area contributed by atoms with Gasteiger partial charge in [0.25, 0.3) is 0 Å². The van der Waals surface area contributed by atoms with Crippen molar-refractivity contribution in [1.82, 2.24) is 0 Å². The number of hydrogen-bond donors (Lipinski definition) is 0. The second-order valence-electron chi connectivity index (χ2n) is 5.65. The molecule has 0 aliphatic heterocycles. The first-order chi connectivity index (χ1) is 10.9. The number of esters is 1. The van der Waals surface area contributed by atoms with Gasteiger partial charge in [-0.1, -0.05) is 38.1 Å².